The van der Waals surface area contributed by atoms with Crippen molar-refractivity contribution in [3.05, 3.63) is 47.3 Å². The van der Waals surface area contributed by atoms with Gasteiger partial charge in [0.2, 0.25) is 0 Å². The number of aromatic nitrogens is 1. The maximum atomic E-state index is 5.80. The van der Waals surface area contributed by atoms with E-state index < -0.39 is 0 Å². The van der Waals surface area contributed by atoms with Crippen LogP contribution < -0.4 is 10.1 Å². The van der Waals surface area contributed by atoms with Crippen LogP contribution in [0.5, 0.6) is 5.75 Å². The first-order valence-corrected chi connectivity index (χ1v) is 6.62. The lowest BCUT2D eigenvalue weighted by Crippen LogP contribution is -2.19. The summed E-state index contributed by atoms with van der Waals surface area (Å²) < 4.78 is 15.8. The van der Waals surface area contributed by atoms with Crippen LogP contribution in [-0.4, -0.2) is 25.4 Å². The number of hydrogen-bond acceptors (Lipinski definition) is 5. The Morgan fingerprint density at radius 3 is 2.90 bits per heavy atom. The Morgan fingerprint density at radius 2 is 2.15 bits per heavy atom. The number of aryl methyl sites for hydroxylation is 1. The summed E-state index contributed by atoms with van der Waals surface area (Å²) in [6.45, 7) is 4.53. The molecular weight excluding hydrogens is 256 g/mol. The highest BCUT2D eigenvalue weighted by Crippen LogP contribution is 2.19. The first kappa shape index (κ1) is 14.6. The minimum Gasteiger partial charge on any atom is -0.487 e. The van der Waals surface area contributed by atoms with E-state index in [1.54, 1.807) is 7.11 Å². The zero-order valence-corrected chi connectivity index (χ0v) is 11.9. The molecule has 2 rings (SSSR count). The first-order chi connectivity index (χ1) is 9.79. The van der Waals surface area contributed by atoms with Crippen molar-refractivity contribution in [2.45, 2.75) is 20.1 Å². The summed E-state index contributed by atoms with van der Waals surface area (Å²) in [7, 11) is 1.69. The Kier molecular flexibility index (Phi) is 5.58. The maximum Gasteiger partial charge on any atom is 0.134 e. The van der Waals surface area contributed by atoms with Gasteiger partial charge in [-0.15, -0.1) is 0 Å². The van der Waals surface area contributed by atoms with Gasteiger partial charge in [0.05, 0.1) is 6.61 Å². The van der Waals surface area contributed by atoms with Crippen LogP contribution in [0.15, 0.2) is 34.9 Å². The summed E-state index contributed by atoms with van der Waals surface area (Å²) in [6.07, 6.45) is 0. The molecule has 0 spiro atoms. The van der Waals surface area contributed by atoms with Gasteiger partial charge in [0.25, 0.3) is 0 Å². The van der Waals surface area contributed by atoms with Gasteiger partial charge in [-0.25, -0.2) is 0 Å². The lowest BCUT2D eigenvalue weighted by Gasteiger charge is -2.11. The molecule has 1 N–H and O–H groups in total. The highest BCUT2D eigenvalue weighted by atomic mass is 16.5. The minimum absolute atomic E-state index is 0.409. The van der Waals surface area contributed by atoms with Crippen LogP contribution in [-0.2, 0) is 17.9 Å². The average Bonchev–Trinajstić information content (AvgIpc) is 2.88. The molecule has 0 saturated carbocycles. The Labute approximate surface area is 118 Å². The van der Waals surface area contributed by atoms with E-state index in [4.69, 9.17) is 14.0 Å². The molecule has 0 aliphatic carbocycles. The van der Waals surface area contributed by atoms with E-state index in [9.17, 15) is 0 Å². The van der Waals surface area contributed by atoms with Gasteiger partial charge < -0.3 is 19.3 Å². The van der Waals surface area contributed by atoms with Crippen LogP contribution >= 0.6 is 0 Å². The van der Waals surface area contributed by atoms with Crippen molar-refractivity contribution < 1.29 is 14.0 Å². The second-order valence-corrected chi connectivity index (χ2v) is 4.49. The summed E-state index contributed by atoms with van der Waals surface area (Å²) in [5.74, 6) is 1.65. The largest absolute Gasteiger partial charge is 0.487 e. The van der Waals surface area contributed by atoms with Crippen molar-refractivity contribution in [3.63, 3.8) is 0 Å². The molecule has 1 aromatic carbocycles. The molecule has 5 heteroatoms. The summed E-state index contributed by atoms with van der Waals surface area (Å²) in [6, 6.07) is 9.84. The predicted octanol–water partition coefficient (Wildman–Crippen LogP) is 2.30. The molecule has 20 heavy (non-hydrogen) atoms. The number of nitrogens with one attached hydrogen (secondary N) is 1. The standard InChI is InChI=1S/C15H20N2O3/c1-12-9-14(17-20-12)11-19-15-6-4-3-5-13(15)10-16-7-8-18-2/h3-6,9,16H,7-8,10-11H2,1-2H3. The molecule has 2 aromatic rings. The SMILES string of the molecule is COCCNCc1ccccc1OCc1cc(C)on1. The lowest BCUT2D eigenvalue weighted by molar-refractivity contribution is 0.199. The lowest BCUT2D eigenvalue weighted by atomic mass is 10.2. The van der Waals surface area contributed by atoms with Crippen LogP contribution in [0.2, 0.25) is 0 Å². The third-order valence-electron chi connectivity index (χ3n) is 2.82. The van der Waals surface area contributed by atoms with Gasteiger partial charge in [0, 0.05) is 31.8 Å². The van der Waals surface area contributed by atoms with E-state index in [1.807, 2.05) is 37.3 Å². The fourth-order valence-corrected chi connectivity index (χ4v) is 1.83. The molecule has 0 aliphatic heterocycles. The Bertz CT molecular complexity index is 525. The summed E-state index contributed by atoms with van der Waals surface area (Å²) in [5.41, 5.74) is 1.91. The van der Waals surface area contributed by atoms with Crippen LogP contribution in [0.3, 0.4) is 0 Å². The van der Waals surface area contributed by atoms with E-state index in [-0.39, 0.29) is 0 Å². The van der Waals surface area contributed by atoms with E-state index in [2.05, 4.69) is 10.5 Å². The molecule has 1 heterocycles. The number of ether oxygens (including phenoxy) is 2. The fraction of sp³-hybridized carbons (Fsp3) is 0.400. The maximum absolute atomic E-state index is 5.80. The van der Waals surface area contributed by atoms with Crippen LogP contribution in [0.4, 0.5) is 0 Å². The molecule has 0 bridgehead atoms. The second-order valence-electron chi connectivity index (χ2n) is 4.49. The van der Waals surface area contributed by atoms with Crippen molar-refractivity contribution >= 4 is 0 Å². The van der Waals surface area contributed by atoms with Gasteiger partial charge in [-0.05, 0) is 13.0 Å². The number of benzene rings is 1. The number of nitrogens with zero attached hydrogens (tertiary/aromatic N) is 1. The normalized spacial score (nSPS) is 10.7. The van der Waals surface area contributed by atoms with Crippen molar-refractivity contribution in [1.29, 1.82) is 0 Å². The molecule has 0 saturated heterocycles. The van der Waals surface area contributed by atoms with Crippen LogP contribution in [0.25, 0.3) is 0 Å². The highest BCUT2D eigenvalue weighted by molar-refractivity contribution is 5.33. The molecule has 0 atom stereocenters. The third-order valence-corrected chi connectivity index (χ3v) is 2.82. The zero-order chi connectivity index (χ0) is 14.2. The quantitative estimate of drug-likeness (QED) is 0.750. The molecule has 108 valence electrons. The fourth-order valence-electron chi connectivity index (χ4n) is 1.83. The summed E-state index contributed by atoms with van der Waals surface area (Å²) in [5, 5.41) is 7.22. The smallest absolute Gasteiger partial charge is 0.134 e. The number of hydrogen-bond donors (Lipinski definition) is 1. The van der Waals surface area contributed by atoms with E-state index in [1.165, 1.54) is 0 Å². The van der Waals surface area contributed by atoms with Crippen LogP contribution in [0.1, 0.15) is 17.0 Å². The average molecular weight is 276 g/mol. The van der Waals surface area contributed by atoms with Gasteiger partial charge in [0.1, 0.15) is 23.8 Å². The first-order valence-electron chi connectivity index (χ1n) is 6.62. The molecule has 0 aliphatic rings. The molecule has 5 nitrogen and oxygen atoms in total. The molecule has 0 amide bonds. The Balaban J connectivity index is 1.90. The minimum atomic E-state index is 0.409. The van der Waals surface area contributed by atoms with Crippen molar-refractivity contribution in [2.24, 2.45) is 0 Å². The second kappa shape index (κ2) is 7.67. The van der Waals surface area contributed by atoms with Gasteiger partial charge in [0.15, 0.2) is 0 Å². The Morgan fingerprint density at radius 1 is 1.30 bits per heavy atom. The summed E-state index contributed by atoms with van der Waals surface area (Å²) in [4.78, 5) is 0. The van der Waals surface area contributed by atoms with Crippen molar-refractivity contribution in [1.82, 2.24) is 10.5 Å². The van der Waals surface area contributed by atoms with E-state index >= 15 is 0 Å². The number of methoxy groups -OCH3 is 1. The predicted molar refractivity (Wildman–Crippen MR) is 75.6 cm³/mol. The Hall–Kier alpha value is -1.85. The monoisotopic (exact) mass is 276 g/mol. The molecule has 0 radical (unpaired) electrons. The topological polar surface area (TPSA) is 56.5 Å². The summed E-state index contributed by atoms with van der Waals surface area (Å²) >= 11 is 0. The number of rotatable bonds is 8. The van der Waals surface area contributed by atoms with Crippen LogP contribution in [0, 0.1) is 6.92 Å². The number of para-hydroxylation sites is 1. The van der Waals surface area contributed by atoms with Gasteiger partial charge >= 0.3 is 0 Å². The van der Waals surface area contributed by atoms with Crippen molar-refractivity contribution in [3.8, 4) is 5.75 Å². The third kappa shape index (κ3) is 4.36. The van der Waals surface area contributed by atoms with E-state index in [0.717, 1.165) is 35.9 Å². The van der Waals surface area contributed by atoms with Crippen molar-refractivity contribution in [2.75, 3.05) is 20.3 Å². The molecule has 1 aromatic heterocycles. The van der Waals surface area contributed by atoms with E-state index in [0.29, 0.717) is 13.2 Å². The van der Waals surface area contributed by atoms with Gasteiger partial charge in [-0.3, -0.25) is 0 Å². The molecular formula is C15H20N2O3. The molecule has 0 fully saturated rings. The highest BCUT2D eigenvalue weighted by Gasteiger charge is 2.05. The zero-order valence-electron chi connectivity index (χ0n) is 11.9. The van der Waals surface area contributed by atoms with Gasteiger partial charge in [-0.1, -0.05) is 23.4 Å². The molecule has 0 unspecified atom stereocenters. The van der Waals surface area contributed by atoms with Gasteiger partial charge in [-0.2, -0.15) is 0 Å².